The van der Waals surface area contributed by atoms with Crippen LogP contribution in [0.4, 0.5) is 5.82 Å². The minimum atomic E-state index is 0.567. The molecule has 0 aromatic carbocycles. The Labute approximate surface area is 124 Å². The van der Waals surface area contributed by atoms with E-state index in [0.29, 0.717) is 6.04 Å². The van der Waals surface area contributed by atoms with Gasteiger partial charge in [0.1, 0.15) is 17.0 Å². The molecule has 3 nitrogen and oxygen atoms in total. The van der Waals surface area contributed by atoms with E-state index < -0.39 is 0 Å². The van der Waals surface area contributed by atoms with Gasteiger partial charge in [-0.2, -0.15) is 0 Å². The quantitative estimate of drug-likeness (QED) is 0.815. The summed E-state index contributed by atoms with van der Waals surface area (Å²) in [7, 11) is 0. The van der Waals surface area contributed by atoms with E-state index in [-0.39, 0.29) is 0 Å². The number of aromatic nitrogens is 2. The van der Waals surface area contributed by atoms with Crippen molar-refractivity contribution in [1.29, 1.82) is 0 Å². The van der Waals surface area contributed by atoms with Gasteiger partial charge in [0.15, 0.2) is 0 Å². The number of nitrogens with zero attached hydrogens (tertiary/aromatic N) is 2. The highest BCUT2D eigenvalue weighted by Crippen LogP contribution is 2.34. The SMILES string of the molecule is Cc1sc2ncnc(NC3CCCC(C)CC3)c2c1C. The number of rotatable bonds is 2. The van der Waals surface area contributed by atoms with Crippen LogP contribution in [-0.2, 0) is 0 Å². The van der Waals surface area contributed by atoms with Crippen molar-refractivity contribution in [3.05, 3.63) is 16.8 Å². The Kier molecular flexibility index (Phi) is 3.92. The number of hydrogen-bond acceptors (Lipinski definition) is 4. The third kappa shape index (κ3) is 2.66. The molecule has 1 aliphatic carbocycles. The molecule has 0 radical (unpaired) electrons. The topological polar surface area (TPSA) is 37.8 Å². The van der Waals surface area contributed by atoms with E-state index in [9.17, 15) is 0 Å². The Balaban J connectivity index is 1.87. The Morgan fingerprint density at radius 2 is 2.00 bits per heavy atom. The normalized spacial score (nSPS) is 23.8. The molecular formula is C16H23N3S. The van der Waals surface area contributed by atoms with E-state index in [1.165, 1.54) is 47.9 Å². The van der Waals surface area contributed by atoms with Crippen LogP contribution in [-0.4, -0.2) is 16.0 Å². The van der Waals surface area contributed by atoms with E-state index in [2.05, 4.69) is 36.1 Å². The van der Waals surface area contributed by atoms with Crippen LogP contribution < -0.4 is 5.32 Å². The summed E-state index contributed by atoms with van der Waals surface area (Å²) in [5.41, 5.74) is 1.33. The molecule has 20 heavy (non-hydrogen) atoms. The van der Waals surface area contributed by atoms with Gasteiger partial charge in [-0.05, 0) is 44.6 Å². The predicted molar refractivity (Wildman–Crippen MR) is 86.5 cm³/mol. The zero-order valence-corrected chi connectivity index (χ0v) is 13.4. The fourth-order valence-corrected chi connectivity index (χ4v) is 4.11. The molecule has 1 N–H and O–H groups in total. The van der Waals surface area contributed by atoms with E-state index >= 15 is 0 Å². The van der Waals surface area contributed by atoms with Crippen LogP contribution in [0.5, 0.6) is 0 Å². The van der Waals surface area contributed by atoms with Crippen molar-refractivity contribution in [3.8, 4) is 0 Å². The van der Waals surface area contributed by atoms with E-state index in [0.717, 1.165) is 16.6 Å². The Hall–Kier alpha value is -1.16. The highest BCUT2D eigenvalue weighted by molar-refractivity contribution is 7.18. The first kappa shape index (κ1) is 13.8. The fraction of sp³-hybridized carbons (Fsp3) is 0.625. The summed E-state index contributed by atoms with van der Waals surface area (Å²) in [6, 6.07) is 0.567. The summed E-state index contributed by atoms with van der Waals surface area (Å²) >= 11 is 1.77. The predicted octanol–water partition coefficient (Wildman–Crippen LogP) is 4.69. The van der Waals surface area contributed by atoms with Gasteiger partial charge in [0, 0.05) is 10.9 Å². The van der Waals surface area contributed by atoms with Crippen LogP contribution in [0.2, 0.25) is 0 Å². The van der Waals surface area contributed by atoms with Crippen molar-refractivity contribution in [2.24, 2.45) is 5.92 Å². The van der Waals surface area contributed by atoms with E-state index in [4.69, 9.17) is 0 Å². The lowest BCUT2D eigenvalue weighted by molar-refractivity contribution is 0.502. The fourth-order valence-electron chi connectivity index (χ4n) is 3.12. The molecular weight excluding hydrogens is 266 g/mol. The number of aryl methyl sites for hydroxylation is 2. The number of anilines is 1. The summed E-state index contributed by atoms with van der Waals surface area (Å²) in [5.74, 6) is 1.91. The molecule has 0 aliphatic heterocycles. The Bertz CT molecular complexity index is 605. The molecule has 1 fully saturated rings. The van der Waals surface area contributed by atoms with Gasteiger partial charge in [-0.25, -0.2) is 9.97 Å². The van der Waals surface area contributed by atoms with Crippen LogP contribution in [0.15, 0.2) is 6.33 Å². The van der Waals surface area contributed by atoms with Gasteiger partial charge < -0.3 is 5.32 Å². The average Bonchev–Trinajstić information content (AvgIpc) is 2.60. The summed E-state index contributed by atoms with van der Waals surface area (Å²) in [5, 5.41) is 4.92. The van der Waals surface area contributed by atoms with E-state index in [1.54, 1.807) is 17.7 Å². The maximum absolute atomic E-state index is 4.51. The molecule has 0 amide bonds. The molecule has 3 rings (SSSR count). The van der Waals surface area contributed by atoms with Gasteiger partial charge in [0.05, 0.1) is 5.39 Å². The van der Waals surface area contributed by atoms with Gasteiger partial charge in [0.25, 0.3) is 0 Å². The van der Waals surface area contributed by atoms with Crippen LogP contribution in [0.25, 0.3) is 10.2 Å². The minimum absolute atomic E-state index is 0.567. The minimum Gasteiger partial charge on any atom is -0.367 e. The lowest BCUT2D eigenvalue weighted by Crippen LogP contribution is -2.19. The molecule has 2 atom stereocenters. The summed E-state index contributed by atoms with van der Waals surface area (Å²) in [6.45, 7) is 6.72. The first-order valence-corrected chi connectivity index (χ1v) is 8.44. The number of nitrogens with one attached hydrogen (secondary N) is 1. The lowest BCUT2D eigenvalue weighted by Gasteiger charge is -2.17. The monoisotopic (exact) mass is 289 g/mol. The van der Waals surface area contributed by atoms with Crippen molar-refractivity contribution in [3.63, 3.8) is 0 Å². The second-order valence-electron chi connectivity index (χ2n) is 6.14. The molecule has 0 spiro atoms. The highest BCUT2D eigenvalue weighted by atomic mass is 32.1. The first-order chi connectivity index (χ1) is 9.65. The van der Waals surface area contributed by atoms with Crippen molar-refractivity contribution in [2.45, 2.75) is 58.9 Å². The van der Waals surface area contributed by atoms with Crippen LogP contribution in [0, 0.1) is 19.8 Å². The number of fused-ring (bicyclic) bond motifs is 1. The second-order valence-corrected chi connectivity index (χ2v) is 7.34. The van der Waals surface area contributed by atoms with Gasteiger partial charge in [-0.3, -0.25) is 0 Å². The zero-order valence-electron chi connectivity index (χ0n) is 12.6. The third-order valence-corrected chi connectivity index (χ3v) is 5.68. The molecule has 2 aromatic heterocycles. The smallest absolute Gasteiger partial charge is 0.138 e. The maximum atomic E-state index is 4.51. The van der Waals surface area contributed by atoms with Gasteiger partial charge >= 0.3 is 0 Å². The molecule has 108 valence electrons. The average molecular weight is 289 g/mol. The molecule has 2 unspecified atom stereocenters. The summed E-state index contributed by atoms with van der Waals surface area (Å²) in [6.07, 6.45) is 8.24. The third-order valence-electron chi connectivity index (χ3n) is 4.56. The largest absolute Gasteiger partial charge is 0.367 e. The molecule has 4 heteroatoms. The van der Waals surface area contributed by atoms with Gasteiger partial charge in [-0.15, -0.1) is 11.3 Å². The van der Waals surface area contributed by atoms with Crippen LogP contribution in [0.3, 0.4) is 0 Å². The molecule has 0 bridgehead atoms. The lowest BCUT2D eigenvalue weighted by atomic mass is 10.0. The number of thiophene rings is 1. The first-order valence-electron chi connectivity index (χ1n) is 7.62. The second kappa shape index (κ2) is 5.68. The van der Waals surface area contributed by atoms with Crippen molar-refractivity contribution >= 4 is 27.4 Å². The van der Waals surface area contributed by atoms with Crippen LogP contribution in [0.1, 0.15) is 49.5 Å². The standard InChI is InChI=1S/C16H23N3S/c1-10-5-4-6-13(8-7-10)19-15-14-11(2)12(3)20-16(14)18-9-17-15/h9-10,13H,4-8H2,1-3H3,(H,17,18,19). The molecule has 2 heterocycles. The molecule has 1 saturated carbocycles. The highest BCUT2D eigenvalue weighted by Gasteiger charge is 2.18. The number of hydrogen-bond donors (Lipinski definition) is 1. The van der Waals surface area contributed by atoms with Gasteiger partial charge in [-0.1, -0.05) is 19.8 Å². The molecule has 2 aromatic rings. The Morgan fingerprint density at radius 1 is 1.15 bits per heavy atom. The van der Waals surface area contributed by atoms with Crippen molar-refractivity contribution < 1.29 is 0 Å². The van der Waals surface area contributed by atoms with Crippen molar-refractivity contribution in [1.82, 2.24) is 9.97 Å². The van der Waals surface area contributed by atoms with Gasteiger partial charge in [0.2, 0.25) is 0 Å². The van der Waals surface area contributed by atoms with Crippen LogP contribution >= 0.6 is 11.3 Å². The summed E-state index contributed by atoms with van der Waals surface area (Å²) < 4.78 is 0. The summed E-state index contributed by atoms with van der Waals surface area (Å²) in [4.78, 5) is 11.4. The molecule has 1 aliphatic rings. The van der Waals surface area contributed by atoms with E-state index in [1.807, 2.05) is 0 Å². The van der Waals surface area contributed by atoms with Crippen molar-refractivity contribution in [2.75, 3.05) is 5.32 Å². The Morgan fingerprint density at radius 3 is 2.85 bits per heavy atom. The maximum Gasteiger partial charge on any atom is 0.138 e. The zero-order chi connectivity index (χ0) is 14.1. The molecule has 0 saturated heterocycles.